The molecule has 0 aliphatic carbocycles. The lowest BCUT2D eigenvalue weighted by molar-refractivity contribution is -0.151. The zero-order chi connectivity index (χ0) is 13.5. The standard InChI is InChI=1S/C13H14FNO3/c1-3-11(13(16)17-4-2)18-12-7-5-6-10(14)9(12)8-15/h5-7,11H,3-4H2,1-2H3. The van der Waals surface area contributed by atoms with E-state index in [1.54, 1.807) is 19.9 Å². The Balaban J connectivity index is 2.92. The summed E-state index contributed by atoms with van der Waals surface area (Å²) in [5.41, 5.74) is -0.208. The average molecular weight is 251 g/mol. The van der Waals surface area contributed by atoms with Gasteiger partial charge in [-0.05, 0) is 25.5 Å². The van der Waals surface area contributed by atoms with E-state index in [4.69, 9.17) is 14.7 Å². The number of hydrogen-bond donors (Lipinski definition) is 0. The zero-order valence-electron chi connectivity index (χ0n) is 10.3. The topological polar surface area (TPSA) is 59.3 Å². The smallest absolute Gasteiger partial charge is 0.347 e. The van der Waals surface area contributed by atoms with Crippen LogP contribution in [0.4, 0.5) is 4.39 Å². The van der Waals surface area contributed by atoms with Crippen molar-refractivity contribution >= 4 is 5.97 Å². The van der Waals surface area contributed by atoms with Crippen LogP contribution in [-0.4, -0.2) is 18.7 Å². The molecule has 96 valence electrons. The van der Waals surface area contributed by atoms with Gasteiger partial charge in [0.25, 0.3) is 0 Å². The fraction of sp³-hybridized carbons (Fsp3) is 0.385. The van der Waals surface area contributed by atoms with E-state index >= 15 is 0 Å². The highest BCUT2D eigenvalue weighted by Crippen LogP contribution is 2.22. The Morgan fingerprint density at radius 3 is 2.78 bits per heavy atom. The van der Waals surface area contributed by atoms with Crippen LogP contribution in [0, 0.1) is 17.1 Å². The van der Waals surface area contributed by atoms with Crippen LogP contribution in [0.5, 0.6) is 5.75 Å². The minimum absolute atomic E-state index is 0.0532. The van der Waals surface area contributed by atoms with Crippen LogP contribution >= 0.6 is 0 Å². The summed E-state index contributed by atoms with van der Waals surface area (Å²) in [4.78, 5) is 11.5. The maximum absolute atomic E-state index is 13.3. The van der Waals surface area contributed by atoms with Gasteiger partial charge in [-0.1, -0.05) is 13.0 Å². The average Bonchev–Trinajstić information content (AvgIpc) is 2.36. The summed E-state index contributed by atoms with van der Waals surface area (Å²) in [6, 6.07) is 5.74. The SMILES string of the molecule is CCOC(=O)C(CC)Oc1cccc(F)c1C#N. The molecule has 0 N–H and O–H groups in total. The van der Waals surface area contributed by atoms with Crippen LogP contribution in [0.15, 0.2) is 18.2 Å². The van der Waals surface area contributed by atoms with E-state index in [9.17, 15) is 9.18 Å². The van der Waals surface area contributed by atoms with Gasteiger partial charge in [-0.25, -0.2) is 9.18 Å². The second-order valence-electron chi connectivity index (χ2n) is 3.49. The van der Waals surface area contributed by atoms with Crippen LogP contribution in [0.1, 0.15) is 25.8 Å². The van der Waals surface area contributed by atoms with E-state index in [1.807, 2.05) is 0 Å². The fourth-order valence-electron chi connectivity index (χ4n) is 1.40. The van der Waals surface area contributed by atoms with Crippen molar-refractivity contribution in [3.8, 4) is 11.8 Å². The first-order chi connectivity index (χ1) is 8.63. The number of ether oxygens (including phenoxy) is 2. The van der Waals surface area contributed by atoms with Crippen molar-refractivity contribution < 1.29 is 18.7 Å². The van der Waals surface area contributed by atoms with Gasteiger partial charge in [-0.15, -0.1) is 0 Å². The molecule has 0 spiro atoms. The first-order valence-electron chi connectivity index (χ1n) is 5.65. The highest BCUT2D eigenvalue weighted by molar-refractivity contribution is 5.75. The molecule has 0 aromatic heterocycles. The normalized spacial score (nSPS) is 11.4. The van der Waals surface area contributed by atoms with Crippen molar-refractivity contribution in [1.29, 1.82) is 5.26 Å². The highest BCUT2D eigenvalue weighted by atomic mass is 19.1. The Kier molecular flexibility index (Phi) is 5.12. The lowest BCUT2D eigenvalue weighted by atomic mass is 10.2. The maximum Gasteiger partial charge on any atom is 0.347 e. The molecule has 1 rings (SSSR count). The third-order valence-electron chi connectivity index (χ3n) is 2.28. The predicted octanol–water partition coefficient (Wildman–Crippen LogP) is 2.42. The van der Waals surface area contributed by atoms with E-state index < -0.39 is 17.9 Å². The van der Waals surface area contributed by atoms with Gasteiger partial charge in [0.1, 0.15) is 23.2 Å². The Hall–Kier alpha value is -2.09. The van der Waals surface area contributed by atoms with Crippen LogP contribution in [0.3, 0.4) is 0 Å². The molecule has 0 radical (unpaired) electrons. The lowest BCUT2D eigenvalue weighted by Gasteiger charge is -2.16. The van der Waals surface area contributed by atoms with Crippen molar-refractivity contribution in [2.45, 2.75) is 26.4 Å². The third kappa shape index (κ3) is 3.20. The summed E-state index contributed by atoms with van der Waals surface area (Å²) in [7, 11) is 0. The van der Waals surface area contributed by atoms with Gasteiger partial charge in [0, 0.05) is 0 Å². The Morgan fingerprint density at radius 2 is 2.22 bits per heavy atom. The number of rotatable bonds is 5. The molecular formula is C13H14FNO3. The third-order valence-corrected chi connectivity index (χ3v) is 2.28. The number of esters is 1. The molecule has 0 saturated carbocycles. The molecule has 0 aliphatic heterocycles. The molecule has 1 aromatic carbocycles. The van der Waals surface area contributed by atoms with Crippen LogP contribution in [-0.2, 0) is 9.53 Å². The van der Waals surface area contributed by atoms with Gasteiger partial charge in [-0.2, -0.15) is 5.26 Å². The lowest BCUT2D eigenvalue weighted by Crippen LogP contribution is -2.29. The molecule has 0 saturated heterocycles. The molecule has 0 bridgehead atoms. The first-order valence-corrected chi connectivity index (χ1v) is 5.65. The zero-order valence-corrected chi connectivity index (χ0v) is 10.3. The minimum Gasteiger partial charge on any atom is -0.477 e. The van der Waals surface area contributed by atoms with Crippen molar-refractivity contribution in [3.05, 3.63) is 29.6 Å². The summed E-state index contributed by atoms with van der Waals surface area (Å²) in [5, 5.41) is 8.84. The highest BCUT2D eigenvalue weighted by Gasteiger charge is 2.21. The number of carbonyl (C=O) groups is 1. The fourth-order valence-corrected chi connectivity index (χ4v) is 1.40. The number of benzene rings is 1. The van der Waals surface area contributed by atoms with Gasteiger partial charge in [0.2, 0.25) is 0 Å². The van der Waals surface area contributed by atoms with E-state index in [0.717, 1.165) is 6.07 Å². The summed E-state index contributed by atoms with van der Waals surface area (Å²) in [6.45, 7) is 3.67. The van der Waals surface area contributed by atoms with E-state index in [2.05, 4.69) is 0 Å². The molecule has 0 aliphatic rings. The molecule has 0 fully saturated rings. The number of carbonyl (C=O) groups excluding carboxylic acids is 1. The molecule has 5 heteroatoms. The molecule has 1 aromatic rings. The molecule has 4 nitrogen and oxygen atoms in total. The van der Waals surface area contributed by atoms with Gasteiger partial charge in [-0.3, -0.25) is 0 Å². The van der Waals surface area contributed by atoms with Crippen LogP contribution in [0.25, 0.3) is 0 Å². The second kappa shape index (κ2) is 6.60. The van der Waals surface area contributed by atoms with Crippen LogP contribution in [0.2, 0.25) is 0 Å². The second-order valence-corrected chi connectivity index (χ2v) is 3.49. The summed E-state index contributed by atoms with van der Waals surface area (Å²) in [6.07, 6.45) is -0.459. The largest absolute Gasteiger partial charge is 0.477 e. The van der Waals surface area contributed by atoms with Gasteiger partial charge < -0.3 is 9.47 Å². The van der Waals surface area contributed by atoms with Gasteiger partial charge in [0.15, 0.2) is 6.10 Å². The van der Waals surface area contributed by atoms with Crippen molar-refractivity contribution in [2.24, 2.45) is 0 Å². The number of nitriles is 1. The van der Waals surface area contributed by atoms with E-state index in [-0.39, 0.29) is 17.9 Å². The molecule has 0 amide bonds. The number of hydrogen-bond acceptors (Lipinski definition) is 4. The van der Waals surface area contributed by atoms with Gasteiger partial charge in [0.05, 0.1) is 6.61 Å². The molecule has 1 atom stereocenters. The minimum atomic E-state index is -0.834. The summed E-state index contributed by atoms with van der Waals surface area (Å²) >= 11 is 0. The molecular weight excluding hydrogens is 237 g/mol. The Bertz CT molecular complexity index is 468. The van der Waals surface area contributed by atoms with Crippen LogP contribution < -0.4 is 4.74 Å². The number of nitrogens with zero attached hydrogens (tertiary/aromatic N) is 1. The Labute approximate surface area is 105 Å². The monoisotopic (exact) mass is 251 g/mol. The molecule has 1 unspecified atom stereocenters. The Morgan fingerprint density at radius 1 is 1.50 bits per heavy atom. The van der Waals surface area contributed by atoms with Crippen molar-refractivity contribution in [3.63, 3.8) is 0 Å². The summed E-state index contributed by atoms with van der Waals surface area (Å²) in [5.74, 6) is -1.14. The first kappa shape index (κ1) is 14.0. The molecule has 0 heterocycles. The quantitative estimate of drug-likeness (QED) is 0.754. The summed E-state index contributed by atoms with van der Waals surface area (Å²) < 4.78 is 23.5. The van der Waals surface area contributed by atoms with Crippen molar-refractivity contribution in [1.82, 2.24) is 0 Å². The molecule has 18 heavy (non-hydrogen) atoms. The van der Waals surface area contributed by atoms with E-state index in [1.165, 1.54) is 12.1 Å². The van der Waals surface area contributed by atoms with E-state index in [0.29, 0.717) is 6.42 Å². The van der Waals surface area contributed by atoms with Crippen molar-refractivity contribution in [2.75, 3.05) is 6.61 Å². The van der Waals surface area contributed by atoms with Gasteiger partial charge >= 0.3 is 5.97 Å². The predicted molar refractivity (Wildman–Crippen MR) is 62.5 cm³/mol. The maximum atomic E-state index is 13.3. The number of halogens is 1.